The first-order valence-electron chi connectivity index (χ1n) is 4.83. The molecule has 1 amide bonds. The maximum Gasteiger partial charge on any atom is 0.404 e. The average Bonchev–Trinajstić information content (AvgIpc) is 2.60. The van der Waals surface area contributed by atoms with Crippen molar-refractivity contribution in [2.75, 3.05) is 0 Å². The van der Waals surface area contributed by atoms with Gasteiger partial charge in [0.1, 0.15) is 0 Å². The summed E-state index contributed by atoms with van der Waals surface area (Å²) in [6.07, 6.45) is -3.51. The zero-order valence-corrected chi connectivity index (χ0v) is 8.58. The van der Waals surface area contributed by atoms with Crippen molar-refractivity contribution in [2.24, 2.45) is 5.73 Å². The van der Waals surface area contributed by atoms with Crippen molar-refractivity contribution in [1.82, 2.24) is 4.98 Å². The van der Waals surface area contributed by atoms with Crippen molar-refractivity contribution in [1.29, 1.82) is 0 Å². The normalized spacial score (nSPS) is 13.8. The number of hydrogen-bond donors (Lipinski definition) is 2. The van der Waals surface area contributed by atoms with Gasteiger partial charge in [0.2, 0.25) is 5.91 Å². The van der Waals surface area contributed by atoms with E-state index in [-0.39, 0.29) is 5.56 Å². The van der Waals surface area contributed by atoms with Crippen LogP contribution in [0, 0.1) is 0 Å². The van der Waals surface area contributed by atoms with Crippen LogP contribution in [0.25, 0.3) is 10.9 Å². The maximum atomic E-state index is 12.7. The Morgan fingerprint density at radius 3 is 2.53 bits per heavy atom. The minimum absolute atomic E-state index is 0.138. The number of aromatic nitrogens is 1. The number of hydrogen-bond acceptors (Lipinski definition) is 1. The monoisotopic (exact) mass is 242 g/mol. The first-order valence-corrected chi connectivity index (χ1v) is 4.83. The van der Waals surface area contributed by atoms with Crippen LogP contribution >= 0.6 is 0 Å². The molecule has 0 bridgehead atoms. The number of aromatic amines is 1. The van der Waals surface area contributed by atoms with Crippen LogP contribution in [0.5, 0.6) is 0 Å². The Labute approximate surface area is 94.4 Å². The molecule has 0 saturated heterocycles. The van der Waals surface area contributed by atoms with Crippen LogP contribution in [0.4, 0.5) is 13.2 Å². The minimum atomic E-state index is -4.68. The second-order valence-electron chi connectivity index (χ2n) is 3.67. The Hall–Kier alpha value is -1.98. The molecule has 1 heterocycles. The van der Waals surface area contributed by atoms with E-state index in [0.717, 1.165) is 0 Å². The SMILES string of the molecule is NC(=O)C(c1c[nH]c2ccccc12)C(F)(F)F. The van der Waals surface area contributed by atoms with Crippen molar-refractivity contribution in [2.45, 2.75) is 12.1 Å². The predicted molar refractivity (Wildman–Crippen MR) is 56.3 cm³/mol. The van der Waals surface area contributed by atoms with Crippen molar-refractivity contribution in [3.63, 3.8) is 0 Å². The van der Waals surface area contributed by atoms with E-state index in [9.17, 15) is 18.0 Å². The Kier molecular flexibility index (Phi) is 2.57. The van der Waals surface area contributed by atoms with Gasteiger partial charge in [-0.15, -0.1) is 0 Å². The summed E-state index contributed by atoms with van der Waals surface area (Å²) in [6, 6.07) is 6.44. The fourth-order valence-corrected chi connectivity index (χ4v) is 1.82. The highest BCUT2D eigenvalue weighted by Gasteiger charge is 2.45. The molecule has 0 fully saturated rings. The highest BCUT2D eigenvalue weighted by Crippen LogP contribution is 2.37. The number of H-pyrrole nitrogens is 1. The molecule has 1 atom stereocenters. The fourth-order valence-electron chi connectivity index (χ4n) is 1.82. The molecular formula is C11H9F3N2O. The second kappa shape index (κ2) is 3.80. The van der Waals surface area contributed by atoms with E-state index in [1.807, 2.05) is 0 Å². The molecule has 1 unspecified atom stereocenters. The molecule has 3 N–H and O–H groups in total. The number of primary amides is 1. The van der Waals surface area contributed by atoms with Gasteiger partial charge in [-0.05, 0) is 11.6 Å². The number of halogens is 3. The molecular weight excluding hydrogens is 233 g/mol. The van der Waals surface area contributed by atoms with Gasteiger partial charge in [-0.3, -0.25) is 4.79 Å². The third kappa shape index (κ3) is 1.98. The van der Waals surface area contributed by atoms with Crippen molar-refractivity contribution >= 4 is 16.8 Å². The highest BCUT2D eigenvalue weighted by molar-refractivity contribution is 5.91. The standard InChI is InChI=1S/C11H9F3N2O/c12-11(13,14)9(10(15)17)7-5-16-8-4-2-1-3-6(7)8/h1-5,9,16H,(H2,15,17). The number of nitrogens with one attached hydrogen (secondary N) is 1. The van der Waals surface area contributed by atoms with Gasteiger partial charge < -0.3 is 10.7 Å². The fraction of sp³-hybridized carbons (Fsp3) is 0.182. The Balaban J connectivity index is 2.61. The lowest BCUT2D eigenvalue weighted by Gasteiger charge is -2.16. The second-order valence-corrected chi connectivity index (χ2v) is 3.67. The van der Waals surface area contributed by atoms with Crippen LogP contribution in [-0.4, -0.2) is 17.1 Å². The number of benzene rings is 1. The molecule has 2 aromatic rings. The minimum Gasteiger partial charge on any atom is -0.369 e. The molecule has 6 heteroatoms. The van der Waals surface area contributed by atoms with E-state index in [2.05, 4.69) is 4.98 Å². The first kappa shape index (κ1) is 11.5. The lowest BCUT2D eigenvalue weighted by molar-refractivity contribution is -0.162. The van der Waals surface area contributed by atoms with Crippen LogP contribution in [0.3, 0.4) is 0 Å². The summed E-state index contributed by atoms with van der Waals surface area (Å²) in [6.45, 7) is 0. The van der Waals surface area contributed by atoms with Crippen molar-refractivity contribution in [3.8, 4) is 0 Å². The summed E-state index contributed by atoms with van der Waals surface area (Å²) in [7, 11) is 0. The zero-order valence-electron chi connectivity index (χ0n) is 8.58. The summed E-state index contributed by atoms with van der Waals surface area (Å²) in [5.74, 6) is -3.68. The van der Waals surface area contributed by atoms with Gasteiger partial charge in [-0.25, -0.2) is 0 Å². The van der Waals surface area contributed by atoms with Crippen LogP contribution in [0.15, 0.2) is 30.5 Å². The van der Waals surface area contributed by atoms with E-state index in [1.165, 1.54) is 12.3 Å². The van der Waals surface area contributed by atoms with Crippen LogP contribution in [0.1, 0.15) is 11.5 Å². The van der Waals surface area contributed by atoms with Crippen LogP contribution in [0.2, 0.25) is 0 Å². The van der Waals surface area contributed by atoms with E-state index in [1.54, 1.807) is 18.2 Å². The summed E-state index contributed by atoms with van der Waals surface area (Å²) < 4.78 is 38.2. The van der Waals surface area contributed by atoms with E-state index in [4.69, 9.17) is 5.73 Å². The van der Waals surface area contributed by atoms with Crippen molar-refractivity contribution in [3.05, 3.63) is 36.0 Å². The zero-order chi connectivity index (χ0) is 12.6. The van der Waals surface area contributed by atoms with E-state index >= 15 is 0 Å². The number of nitrogens with two attached hydrogens (primary N) is 1. The molecule has 0 spiro atoms. The lowest BCUT2D eigenvalue weighted by Crippen LogP contribution is -2.33. The number of amides is 1. The molecule has 17 heavy (non-hydrogen) atoms. The Morgan fingerprint density at radius 1 is 1.29 bits per heavy atom. The quantitative estimate of drug-likeness (QED) is 0.834. The predicted octanol–water partition coefficient (Wildman–Crippen LogP) is 2.30. The molecule has 90 valence electrons. The smallest absolute Gasteiger partial charge is 0.369 e. The van der Waals surface area contributed by atoms with Gasteiger partial charge in [-0.1, -0.05) is 18.2 Å². The average molecular weight is 242 g/mol. The summed E-state index contributed by atoms with van der Waals surface area (Å²) >= 11 is 0. The van der Waals surface area contributed by atoms with E-state index in [0.29, 0.717) is 10.9 Å². The number of fused-ring (bicyclic) bond motifs is 1. The van der Waals surface area contributed by atoms with Gasteiger partial charge in [0.15, 0.2) is 5.92 Å². The molecule has 0 aliphatic carbocycles. The lowest BCUT2D eigenvalue weighted by atomic mass is 9.97. The molecule has 0 saturated carbocycles. The van der Waals surface area contributed by atoms with Crippen LogP contribution in [-0.2, 0) is 4.79 Å². The topological polar surface area (TPSA) is 58.9 Å². The summed E-state index contributed by atoms with van der Waals surface area (Å²) in [5, 5.41) is 0.355. The number of carbonyl (C=O) groups excluding carboxylic acids is 1. The number of rotatable bonds is 2. The molecule has 3 nitrogen and oxygen atoms in total. The van der Waals surface area contributed by atoms with Crippen LogP contribution < -0.4 is 5.73 Å². The summed E-state index contributed by atoms with van der Waals surface area (Å²) in [5.41, 5.74) is 5.23. The van der Waals surface area contributed by atoms with Gasteiger partial charge in [0.25, 0.3) is 0 Å². The Morgan fingerprint density at radius 2 is 1.94 bits per heavy atom. The first-order chi connectivity index (χ1) is 7.91. The molecule has 2 rings (SSSR count). The van der Waals surface area contributed by atoms with Gasteiger partial charge >= 0.3 is 6.18 Å². The van der Waals surface area contributed by atoms with E-state index < -0.39 is 18.0 Å². The molecule has 0 aliphatic heterocycles. The van der Waals surface area contributed by atoms with Crippen molar-refractivity contribution < 1.29 is 18.0 Å². The summed E-state index contributed by atoms with van der Waals surface area (Å²) in [4.78, 5) is 13.7. The largest absolute Gasteiger partial charge is 0.404 e. The van der Waals surface area contributed by atoms with Gasteiger partial charge in [-0.2, -0.15) is 13.2 Å². The molecule has 0 aliphatic rings. The van der Waals surface area contributed by atoms with Gasteiger partial charge in [0.05, 0.1) is 0 Å². The molecule has 1 aromatic heterocycles. The molecule has 0 radical (unpaired) electrons. The maximum absolute atomic E-state index is 12.7. The Bertz CT molecular complexity index is 559. The number of alkyl halides is 3. The highest BCUT2D eigenvalue weighted by atomic mass is 19.4. The van der Waals surface area contributed by atoms with Gasteiger partial charge in [0, 0.05) is 17.1 Å². The third-order valence-corrected chi connectivity index (χ3v) is 2.54. The molecule has 1 aromatic carbocycles. The third-order valence-electron chi connectivity index (χ3n) is 2.54. The number of carbonyl (C=O) groups is 1. The number of para-hydroxylation sites is 1.